The fourth-order valence-electron chi connectivity index (χ4n) is 3.17. The third-order valence-electron chi connectivity index (χ3n) is 4.49. The van der Waals surface area contributed by atoms with Gasteiger partial charge in [0.15, 0.2) is 5.96 Å². The molecule has 0 radical (unpaired) electrons. The third kappa shape index (κ3) is 9.21. The maximum Gasteiger partial charge on any atom is 0.191 e. The van der Waals surface area contributed by atoms with Crippen LogP contribution in [0.2, 0.25) is 0 Å². The molecule has 146 valence electrons. The van der Waals surface area contributed by atoms with Gasteiger partial charge in [0.1, 0.15) is 0 Å². The number of likely N-dealkylation sites (tertiary alicyclic amines) is 1. The van der Waals surface area contributed by atoms with Gasteiger partial charge in [-0.2, -0.15) is 0 Å². The molecule has 0 aliphatic carbocycles. The van der Waals surface area contributed by atoms with E-state index < -0.39 is 0 Å². The Balaban J connectivity index is 0.00000312. The van der Waals surface area contributed by atoms with E-state index in [1.165, 1.54) is 0 Å². The van der Waals surface area contributed by atoms with Crippen LogP contribution in [0.15, 0.2) is 17.6 Å². The van der Waals surface area contributed by atoms with E-state index in [2.05, 4.69) is 34.0 Å². The summed E-state index contributed by atoms with van der Waals surface area (Å²) < 4.78 is 11.2. The van der Waals surface area contributed by atoms with Gasteiger partial charge in [0.25, 0.3) is 0 Å². The lowest BCUT2D eigenvalue weighted by atomic mass is 10.1. The van der Waals surface area contributed by atoms with Crippen LogP contribution in [0.25, 0.3) is 0 Å². The highest BCUT2D eigenvalue weighted by atomic mass is 127. The van der Waals surface area contributed by atoms with Gasteiger partial charge in [-0.05, 0) is 32.6 Å². The molecule has 0 bridgehead atoms. The van der Waals surface area contributed by atoms with E-state index in [1.807, 2.05) is 6.08 Å². The maximum absolute atomic E-state index is 5.67. The van der Waals surface area contributed by atoms with Crippen LogP contribution in [-0.4, -0.2) is 75.5 Å². The molecular weight excluding hydrogens is 431 g/mol. The average molecular weight is 466 g/mol. The Kier molecular flexibility index (Phi) is 12.5. The van der Waals surface area contributed by atoms with Crippen LogP contribution in [0.5, 0.6) is 0 Å². The van der Waals surface area contributed by atoms with Crippen molar-refractivity contribution in [1.82, 2.24) is 15.5 Å². The van der Waals surface area contributed by atoms with Crippen molar-refractivity contribution in [3.63, 3.8) is 0 Å². The van der Waals surface area contributed by atoms with E-state index in [0.717, 1.165) is 64.4 Å². The molecule has 25 heavy (non-hydrogen) atoms. The van der Waals surface area contributed by atoms with Gasteiger partial charge in [-0.3, -0.25) is 9.89 Å². The van der Waals surface area contributed by atoms with Crippen LogP contribution in [0.4, 0.5) is 0 Å². The number of guanidine groups is 1. The lowest BCUT2D eigenvalue weighted by Crippen LogP contribution is -2.48. The summed E-state index contributed by atoms with van der Waals surface area (Å²) in [6, 6.07) is 0.497. The summed E-state index contributed by atoms with van der Waals surface area (Å²) in [7, 11) is 0. The summed E-state index contributed by atoms with van der Waals surface area (Å²) in [6.45, 7) is 12.9. The van der Waals surface area contributed by atoms with Gasteiger partial charge in [0.05, 0.1) is 25.9 Å². The third-order valence-corrected chi connectivity index (χ3v) is 4.49. The lowest BCUT2D eigenvalue weighted by Gasteiger charge is -2.32. The Morgan fingerprint density at radius 3 is 2.80 bits per heavy atom. The first-order chi connectivity index (χ1) is 11.8. The van der Waals surface area contributed by atoms with Gasteiger partial charge in [0, 0.05) is 38.8 Å². The fraction of sp³-hybridized carbons (Fsp3) is 0.833. The van der Waals surface area contributed by atoms with Crippen LogP contribution >= 0.6 is 24.0 Å². The normalized spacial score (nSPS) is 22.4. The number of aliphatic imine (C=N–C) groups is 1. The molecule has 7 heteroatoms. The summed E-state index contributed by atoms with van der Waals surface area (Å²) >= 11 is 0. The first kappa shape index (κ1) is 22.7. The zero-order valence-electron chi connectivity index (χ0n) is 15.5. The second kappa shape index (κ2) is 13.8. The van der Waals surface area contributed by atoms with Gasteiger partial charge in [-0.1, -0.05) is 6.08 Å². The Morgan fingerprint density at radius 1 is 1.36 bits per heavy atom. The molecule has 6 nitrogen and oxygen atoms in total. The summed E-state index contributed by atoms with van der Waals surface area (Å²) in [4.78, 5) is 7.06. The van der Waals surface area contributed by atoms with Crippen LogP contribution in [0.3, 0.4) is 0 Å². The molecule has 2 rings (SSSR count). The molecule has 0 amide bonds. The summed E-state index contributed by atoms with van der Waals surface area (Å²) in [6.07, 6.45) is 6.85. The SMILES string of the molecule is C=CCN1CCC(NC(=NCCOCC2CCCO2)NCC)CC1.I. The Bertz CT molecular complexity index is 381. The second-order valence-corrected chi connectivity index (χ2v) is 6.48. The summed E-state index contributed by atoms with van der Waals surface area (Å²) in [5, 5.41) is 6.88. The topological polar surface area (TPSA) is 58.1 Å². The van der Waals surface area contributed by atoms with Crippen LogP contribution in [0, 0.1) is 0 Å². The van der Waals surface area contributed by atoms with Crippen molar-refractivity contribution < 1.29 is 9.47 Å². The average Bonchev–Trinajstić information content (AvgIpc) is 3.10. The van der Waals surface area contributed by atoms with E-state index >= 15 is 0 Å². The molecule has 2 saturated heterocycles. The molecule has 2 heterocycles. The zero-order chi connectivity index (χ0) is 17.0. The van der Waals surface area contributed by atoms with Crippen molar-refractivity contribution >= 4 is 29.9 Å². The quantitative estimate of drug-likeness (QED) is 0.179. The Labute approximate surface area is 169 Å². The maximum atomic E-state index is 5.67. The number of hydrogen-bond donors (Lipinski definition) is 2. The van der Waals surface area contributed by atoms with E-state index in [-0.39, 0.29) is 24.0 Å². The first-order valence-corrected chi connectivity index (χ1v) is 9.39. The second-order valence-electron chi connectivity index (χ2n) is 6.48. The zero-order valence-corrected chi connectivity index (χ0v) is 17.9. The van der Waals surface area contributed by atoms with Gasteiger partial charge < -0.3 is 20.1 Å². The van der Waals surface area contributed by atoms with E-state index in [9.17, 15) is 0 Å². The van der Waals surface area contributed by atoms with Crippen molar-refractivity contribution in [3.8, 4) is 0 Å². The number of rotatable bonds is 9. The van der Waals surface area contributed by atoms with Crippen molar-refractivity contribution in [2.75, 3.05) is 52.5 Å². The molecular formula is C18H35IN4O2. The number of hydrogen-bond acceptors (Lipinski definition) is 4. The van der Waals surface area contributed by atoms with E-state index in [4.69, 9.17) is 9.47 Å². The molecule has 2 fully saturated rings. The molecule has 0 saturated carbocycles. The molecule has 1 unspecified atom stereocenters. The largest absolute Gasteiger partial charge is 0.377 e. The van der Waals surface area contributed by atoms with Crippen LogP contribution in [-0.2, 0) is 9.47 Å². The minimum absolute atomic E-state index is 0. The standard InChI is InChI=1S/C18H34N4O2.HI/c1-3-10-22-11-7-16(8-12-22)21-18(19-4-2)20-9-14-23-15-17-6-5-13-24-17;/h3,16-17H,1,4-15H2,2H3,(H2,19,20,21);1H. The molecule has 0 aromatic carbocycles. The molecule has 0 spiro atoms. The minimum Gasteiger partial charge on any atom is -0.377 e. The van der Waals surface area contributed by atoms with E-state index in [1.54, 1.807) is 0 Å². The van der Waals surface area contributed by atoms with Crippen LogP contribution < -0.4 is 10.6 Å². The molecule has 2 aliphatic rings. The summed E-state index contributed by atoms with van der Waals surface area (Å²) in [5.41, 5.74) is 0. The highest BCUT2D eigenvalue weighted by Crippen LogP contribution is 2.12. The highest BCUT2D eigenvalue weighted by Gasteiger charge is 2.19. The van der Waals surface area contributed by atoms with Crippen LogP contribution in [0.1, 0.15) is 32.6 Å². The Morgan fingerprint density at radius 2 is 2.16 bits per heavy atom. The van der Waals surface area contributed by atoms with Gasteiger partial charge in [-0.25, -0.2) is 0 Å². The number of halogens is 1. The lowest BCUT2D eigenvalue weighted by molar-refractivity contribution is 0.0200. The molecule has 2 aliphatic heterocycles. The highest BCUT2D eigenvalue weighted by molar-refractivity contribution is 14.0. The van der Waals surface area contributed by atoms with Gasteiger partial charge >= 0.3 is 0 Å². The summed E-state index contributed by atoms with van der Waals surface area (Å²) in [5.74, 6) is 0.903. The van der Waals surface area contributed by atoms with Crippen molar-refractivity contribution in [3.05, 3.63) is 12.7 Å². The molecule has 0 aromatic rings. The van der Waals surface area contributed by atoms with Crippen molar-refractivity contribution in [1.29, 1.82) is 0 Å². The predicted octanol–water partition coefficient (Wildman–Crippen LogP) is 2.01. The minimum atomic E-state index is 0. The Hall–Kier alpha value is -0.380. The first-order valence-electron chi connectivity index (χ1n) is 9.39. The van der Waals surface area contributed by atoms with Crippen molar-refractivity contribution in [2.45, 2.75) is 44.8 Å². The predicted molar refractivity (Wildman–Crippen MR) is 114 cm³/mol. The molecule has 1 atom stereocenters. The van der Waals surface area contributed by atoms with Gasteiger partial charge in [-0.15, -0.1) is 30.6 Å². The van der Waals surface area contributed by atoms with Gasteiger partial charge in [0.2, 0.25) is 0 Å². The number of ether oxygens (including phenoxy) is 2. The number of nitrogens with zero attached hydrogens (tertiary/aromatic N) is 2. The monoisotopic (exact) mass is 466 g/mol. The number of piperidine rings is 1. The smallest absolute Gasteiger partial charge is 0.191 e. The molecule has 2 N–H and O–H groups in total. The van der Waals surface area contributed by atoms with Crippen molar-refractivity contribution in [2.24, 2.45) is 4.99 Å². The fourth-order valence-corrected chi connectivity index (χ4v) is 3.17. The molecule has 0 aromatic heterocycles. The number of nitrogens with one attached hydrogen (secondary N) is 2. The van der Waals surface area contributed by atoms with E-state index in [0.29, 0.717) is 31.9 Å².